The number of hydrogen-bond donors (Lipinski definition) is 3. The van der Waals surface area contributed by atoms with Crippen molar-refractivity contribution >= 4 is 11.7 Å². The molecule has 24 heavy (non-hydrogen) atoms. The molecule has 0 aliphatic carbocycles. The summed E-state index contributed by atoms with van der Waals surface area (Å²) in [5, 5.41) is 15.3. The number of rotatable bonds is 7. The lowest BCUT2D eigenvalue weighted by Gasteiger charge is -2.14. The van der Waals surface area contributed by atoms with E-state index < -0.39 is 12.1 Å². The molecule has 3 N–H and O–H groups in total. The minimum atomic E-state index is -0.649. The van der Waals surface area contributed by atoms with Crippen molar-refractivity contribution in [3.05, 3.63) is 54.1 Å². The second-order valence-electron chi connectivity index (χ2n) is 5.25. The number of carbonyl (C=O) groups is 1. The average molecular weight is 330 g/mol. The van der Waals surface area contributed by atoms with Crippen LogP contribution in [0.25, 0.3) is 0 Å². The highest BCUT2D eigenvalue weighted by Crippen LogP contribution is 2.29. The highest BCUT2D eigenvalue weighted by molar-refractivity contribution is 5.89. The van der Waals surface area contributed by atoms with Gasteiger partial charge in [0.25, 0.3) is 0 Å². The molecule has 6 nitrogen and oxygen atoms in total. The number of aliphatic hydroxyl groups excluding tert-OH is 1. The first-order valence-electron chi connectivity index (χ1n) is 7.61. The van der Waals surface area contributed by atoms with Crippen LogP contribution in [0.4, 0.5) is 10.5 Å². The van der Waals surface area contributed by atoms with Crippen molar-refractivity contribution in [3.8, 4) is 11.5 Å². The van der Waals surface area contributed by atoms with E-state index in [-0.39, 0.29) is 6.54 Å². The Morgan fingerprint density at radius 1 is 1.08 bits per heavy atom. The summed E-state index contributed by atoms with van der Waals surface area (Å²) in [4.78, 5) is 11.9. The van der Waals surface area contributed by atoms with Gasteiger partial charge in [-0.1, -0.05) is 30.3 Å². The highest BCUT2D eigenvalue weighted by Gasteiger charge is 2.10. The molecule has 6 heteroatoms. The van der Waals surface area contributed by atoms with Crippen LogP contribution in [0, 0.1) is 0 Å². The van der Waals surface area contributed by atoms with Gasteiger partial charge in [0.1, 0.15) is 0 Å². The Hall–Kier alpha value is -2.73. The molecule has 0 spiro atoms. The predicted octanol–water partition coefficient (Wildman–Crippen LogP) is 2.43. The smallest absolute Gasteiger partial charge is 0.319 e. The van der Waals surface area contributed by atoms with Crippen LogP contribution >= 0.6 is 0 Å². The first-order chi connectivity index (χ1) is 11.6. The number of urea groups is 1. The van der Waals surface area contributed by atoms with E-state index in [9.17, 15) is 9.90 Å². The van der Waals surface area contributed by atoms with E-state index in [1.165, 1.54) is 7.11 Å². The fourth-order valence-electron chi connectivity index (χ4n) is 2.26. The minimum absolute atomic E-state index is 0.161. The third-order valence-corrected chi connectivity index (χ3v) is 3.45. The van der Waals surface area contributed by atoms with Crippen molar-refractivity contribution in [2.24, 2.45) is 0 Å². The maximum Gasteiger partial charge on any atom is 0.319 e. The van der Waals surface area contributed by atoms with E-state index in [0.29, 0.717) is 23.6 Å². The first-order valence-corrected chi connectivity index (χ1v) is 7.61. The van der Waals surface area contributed by atoms with Gasteiger partial charge < -0.3 is 25.2 Å². The summed E-state index contributed by atoms with van der Waals surface area (Å²) in [7, 11) is 3.08. The second kappa shape index (κ2) is 8.79. The molecule has 0 saturated heterocycles. The van der Waals surface area contributed by atoms with Crippen LogP contribution in [0.3, 0.4) is 0 Å². The van der Waals surface area contributed by atoms with Crippen molar-refractivity contribution in [2.45, 2.75) is 12.5 Å². The Kier molecular flexibility index (Phi) is 6.45. The predicted molar refractivity (Wildman–Crippen MR) is 92.7 cm³/mol. The van der Waals surface area contributed by atoms with Crippen LogP contribution < -0.4 is 20.1 Å². The summed E-state index contributed by atoms with van der Waals surface area (Å²) in [6.07, 6.45) is -0.166. The molecule has 1 unspecified atom stereocenters. The molecule has 0 aliphatic heterocycles. The number of nitrogens with one attached hydrogen (secondary N) is 2. The minimum Gasteiger partial charge on any atom is -0.493 e. The number of hydrogen-bond acceptors (Lipinski definition) is 4. The normalized spacial score (nSPS) is 11.5. The third-order valence-electron chi connectivity index (χ3n) is 3.45. The monoisotopic (exact) mass is 330 g/mol. The molecule has 2 aromatic rings. The Labute approximate surface area is 141 Å². The van der Waals surface area contributed by atoms with Crippen molar-refractivity contribution in [2.75, 3.05) is 26.1 Å². The molecular weight excluding hydrogens is 308 g/mol. The van der Waals surface area contributed by atoms with Gasteiger partial charge in [0.15, 0.2) is 11.5 Å². The first kappa shape index (κ1) is 17.6. The van der Waals surface area contributed by atoms with E-state index in [0.717, 1.165) is 5.56 Å². The number of aliphatic hydroxyl groups is 1. The molecule has 2 amide bonds. The molecule has 0 saturated carbocycles. The van der Waals surface area contributed by atoms with E-state index >= 15 is 0 Å². The second-order valence-corrected chi connectivity index (χ2v) is 5.25. The van der Waals surface area contributed by atoms with Gasteiger partial charge in [-0.15, -0.1) is 0 Å². The summed E-state index contributed by atoms with van der Waals surface area (Å²) in [6.45, 7) is 0.161. The average Bonchev–Trinajstić information content (AvgIpc) is 2.60. The highest BCUT2D eigenvalue weighted by atomic mass is 16.5. The Morgan fingerprint density at radius 2 is 1.79 bits per heavy atom. The number of carbonyl (C=O) groups excluding carboxylic acids is 1. The molecule has 2 rings (SSSR count). The summed E-state index contributed by atoms with van der Waals surface area (Å²) in [5.74, 6) is 1.11. The zero-order valence-corrected chi connectivity index (χ0v) is 13.8. The third kappa shape index (κ3) is 5.17. The number of amides is 2. The molecule has 2 aromatic carbocycles. The van der Waals surface area contributed by atoms with Gasteiger partial charge in [0, 0.05) is 24.7 Å². The Morgan fingerprint density at radius 3 is 2.46 bits per heavy atom. The fraction of sp³-hybridized carbons (Fsp3) is 0.278. The molecular formula is C18H22N2O4. The molecule has 0 aliphatic rings. The molecule has 1 atom stereocenters. The van der Waals surface area contributed by atoms with Crippen molar-refractivity contribution in [1.29, 1.82) is 0 Å². The molecule has 0 heterocycles. The number of anilines is 1. The SMILES string of the molecule is COc1ccc(NC(=O)NCC(O)Cc2ccccc2)cc1OC. The van der Waals surface area contributed by atoms with Crippen LogP contribution in [0.5, 0.6) is 11.5 Å². The van der Waals surface area contributed by atoms with Crippen LogP contribution in [-0.2, 0) is 6.42 Å². The lowest BCUT2D eigenvalue weighted by molar-refractivity contribution is 0.172. The number of benzene rings is 2. The maximum absolute atomic E-state index is 11.9. The summed E-state index contributed by atoms with van der Waals surface area (Å²) >= 11 is 0. The molecule has 0 aromatic heterocycles. The van der Waals surface area contributed by atoms with Crippen LogP contribution in [-0.4, -0.2) is 38.0 Å². The van der Waals surface area contributed by atoms with E-state index in [1.54, 1.807) is 25.3 Å². The largest absolute Gasteiger partial charge is 0.493 e. The molecule has 0 radical (unpaired) electrons. The topological polar surface area (TPSA) is 79.8 Å². The lowest BCUT2D eigenvalue weighted by atomic mass is 10.1. The Balaban J connectivity index is 1.82. The molecule has 0 fully saturated rings. The van der Waals surface area contributed by atoms with Gasteiger partial charge in [-0.2, -0.15) is 0 Å². The van der Waals surface area contributed by atoms with Crippen LogP contribution in [0.2, 0.25) is 0 Å². The molecule has 0 bridgehead atoms. The van der Waals surface area contributed by atoms with Gasteiger partial charge in [-0.05, 0) is 17.7 Å². The summed E-state index contributed by atoms with van der Waals surface area (Å²) in [6, 6.07) is 14.3. The lowest BCUT2D eigenvalue weighted by Crippen LogP contribution is -2.36. The zero-order chi connectivity index (χ0) is 17.4. The van der Waals surface area contributed by atoms with Crippen molar-refractivity contribution in [1.82, 2.24) is 5.32 Å². The van der Waals surface area contributed by atoms with E-state index in [4.69, 9.17) is 9.47 Å². The van der Waals surface area contributed by atoms with Crippen LogP contribution in [0.1, 0.15) is 5.56 Å². The van der Waals surface area contributed by atoms with Gasteiger partial charge in [-0.25, -0.2) is 4.79 Å². The molecule has 128 valence electrons. The zero-order valence-electron chi connectivity index (χ0n) is 13.8. The van der Waals surface area contributed by atoms with Crippen molar-refractivity contribution in [3.63, 3.8) is 0 Å². The summed E-state index contributed by atoms with van der Waals surface area (Å²) in [5.41, 5.74) is 1.59. The van der Waals surface area contributed by atoms with E-state index in [1.807, 2.05) is 30.3 Å². The van der Waals surface area contributed by atoms with Crippen LogP contribution in [0.15, 0.2) is 48.5 Å². The van der Waals surface area contributed by atoms with Gasteiger partial charge in [-0.3, -0.25) is 0 Å². The Bertz CT molecular complexity index is 661. The van der Waals surface area contributed by atoms with Gasteiger partial charge in [0.2, 0.25) is 0 Å². The number of methoxy groups -OCH3 is 2. The quantitative estimate of drug-likeness (QED) is 0.728. The standard InChI is InChI=1S/C18H22N2O4/c1-23-16-9-8-14(11-17(16)24-2)20-18(22)19-12-15(21)10-13-6-4-3-5-7-13/h3-9,11,15,21H,10,12H2,1-2H3,(H2,19,20,22). The van der Waals surface area contributed by atoms with Crippen molar-refractivity contribution < 1.29 is 19.4 Å². The van der Waals surface area contributed by atoms with Gasteiger partial charge in [0.05, 0.1) is 20.3 Å². The maximum atomic E-state index is 11.9. The summed E-state index contributed by atoms with van der Waals surface area (Å²) < 4.78 is 10.3. The van der Waals surface area contributed by atoms with Gasteiger partial charge >= 0.3 is 6.03 Å². The number of ether oxygens (including phenoxy) is 2. The van der Waals surface area contributed by atoms with E-state index in [2.05, 4.69) is 10.6 Å². The fourth-order valence-corrected chi connectivity index (χ4v) is 2.26.